The zero-order valence-corrected chi connectivity index (χ0v) is 12.4. The molecule has 1 aromatic carbocycles. The molecule has 130 valence electrons. The molecule has 1 saturated heterocycles. The molecular weight excluding hydrogens is 317 g/mol. The van der Waals surface area contributed by atoms with Gasteiger partial charge in [0.05, 0.1) is 12.7 Å². The van der Waals surface area contributed by atoms with Gasteiger partial charge in [0.15, 0.2) is 0 Å². The number of hydrogen-bond acceptors (Lipinski definition) is 5. The van der Waals surface area contributed by atoms with Crippen molar-refractivity contribution in [1.29, 1.82) is 0 Å². The molecule has 23 heavy (non-hydrogen) atoms. The molecule has 0 aliphatic carbocycles. The van der Waals surface area contributed by atoms with Crippen molar-refractivity contribution in [2.45, 2.75) is 31.4 Å². The summed E-state index contributed by atoms with van der Waals surface area (Å²) in [7, 11) is 0. The molecule has 0 saturated carbocycles. The lowest BCUT2D eigenvalue weighted by Gasteiger charge is -2.23. The molecule has 0 radical (unpaired) electrons. The molecular formula is C15H19F3O5. The van der Waals surface area contributed by atoms with Gasteiger partial charge in [-0.2, -0.15) is 0 Å². The zero-order chi connectivity index (χ0) is 16.7. The van der Waals surface area contributed by atoms with E-state index in [0.717, 1.165) is 18.9 Å². The van der Waals surface area contributed by atoms with E-state index in [4.69, 9.17) is 14.2 Å². The molecule has 1 N–H and O–H groups in total. The fourth-order valence-corrected chi connectivity index (χ4v) is 2.09. The summed E-state index contributed by atoms with van der Waals surface area (Å²) in [4.78, 5) is 0. The highest BCUT2D eigenvalue weighted by Crippen LogP contribution is 2.26. The van der Waals surface area contributed by atoms with Crippen LogP contribution >= 0.6 is 0 Å². The second-order valence-electron chi connectivity index (χ2n) is 5.13. The summed E-state index contributed by atoms with van der Waals surface area (Å²) in [5.74, 6) is -0.195. The highest BCUT2D eigenvalue weighted by molar-refractivity contribution is 5.33. The summed E-state index contributed by atoms with van der Waals surface area (Å²) in [5, 5.41) is 9.80. The van der Waals surface area contributed by atoms with Crippen LogP contribution in [0.15, 0.2) is 24.3 Å². The molecule has 0 bridgehead atoms. The molecule has 1 atom stereocenters. The van der Waals surface area contributed by atoms with Crippen LogP contribution in [0.5, 0.6) is 11.5 Å². The number of aliphatic hydroxyl groups excluding tert-OH is 1. The molecule has 0 aromatic heterocycles. The number of rotatable bonds is 7. The van der Waals surface area contributed by atoms with Crippen LogP contribution in [0.3, 0.4) is 0 Å². The summed E-state index contributed by atoms with van der Waals surface area (Å²) >= 11 is 0. The molecule has 8 heteroatoms. The number of hydrogen-bond donors (Lipinski definition) is 1. The molecule has 2 rings (SSSR count). The molecule has 0 spiro atoms. The van der Waals surface area contributed by atoms with E-state index in [1.165, 1.54) is 18.2 Å². The van der Waals surface area contributed by atoms with Gasteiger partial charge in [0.2, 0.25) is 0 Å². The summed E-state index contributed by atoms with van der Waals surface area (Å²) in [5.41, 5.74) is 0. The van der Waals surface area contributed by atoms with Crippen LogP contribution in [0.25, 0.3) is 0 Å². The SMILES string of the molecule is OC(COc1cccc(OC(F)(F)F)c1)COC1CCOCC1. The topological polar surface area (TPSA) is 57.2 Å². The van der Waals surface area contributed by atoms with Gasteiger partial charge in [0.25, 0.3) is 0 Å². The zero-order valence-electron chi connectivity index (χ0n) is 12.4. The van der Waals surface area contributed by atoms with E-state index >= 15 is 0 Å². The van der Waals surface area contributed by atoms with E-state index in [2.05, 4.69) is 4.74 Å². The van der Waals surface area contributed by atoms with E-state index in [-0.39, 0.29) is 30.8 Å². The maximum absolute atomic E-state index is 12.1. The number of aliphatic hydroxyl groups is 1. The Hall–Kier alpha value is -1.51. The van der Waals surface area contributed by atoms with Crippen molar-refractivity contribution in [3.8, 4) is 11.5 Å². The van der Waals surface area contributed by atoms with Gasteiger partial charge in [0, 0.05) is 19.3 Å². The number of benzene rings is 1. The minimum Gasteiger partial charge on any atom is -0.491 e. The van der Waals surface area contributed by atoms with Crippen LogP contribution in [0, 0.1) is 0 Å². The second kappa shape index (κ2) is 8.37. The number of ether oxygens (including phenoxy) is 4. The molecule has 1 fully saturated rings. The van der Waals surface area contributed by atoms with Gasteiger partial charge in [0.1, 0.15) is 24.2 Å². The monoisotopic (exact) mass is 336 g/mol. The lowest BCUT2D eigenvalue weighted by atomic mass is 10.1. The first-order chi connectivity index (χ1) is 10.9. The molecule has 1 heterocycles. The Bertz CT molecular complexity index is 474. The lowest BCUT2D eigenvalue weighted by molar-refractivity contribution is -0.274. The Morgan fingerprint density at radius 2 is 1.87 bits per heavy atom. The third kappa shape index (κ3) is 7.06. The quantitative estimate of drug-likeness (QED) is 0.829. The first kappa shape index (κ1) is 17.8. The van der Waals surface area contributed by atoms with Crippen LogP contribution in [0.4, 0.5) is 13.2 Å². The van der Waals surface area contributed by atoms with Gasteiger partial charge in [-0.05, 0) is 25.0 Å². The van der Waals surface area contributed by atoms with E-state index < -0.39 is 12.5 Å². The predicted octanol–water partition coefficient (Wildman–Crippen LogP) is 2.52. The van der Waals surface area contributed by atoms with Crippen LogP contribution in [0.2, 0.25) is 0 Å². The minimum atomic E-state index is -4.75. The van der Waals surface area contributed by atoms with Crippen molar-refractivity contribution in [3.05, 3.63) is 24.3 Å². The van der Waals surface area contributed by atoms with E-state index in [0.29, 0.717) is 13.2 Å². The maximum atomic E-state index is 12.1. The Labute approximate surface area is 131 Å². The molecule has 1 aliphatic heterocycles. The minimum absolute atomic E-state index is 0.0573. The Morgan fingerprint density at radius 3 is 2.57 bits per heavy atom. The van der Waals surface area contributed by atoms with Crippen molar-refractivity contribution in [2.75, 3.05) is 26.4 Å². The molecule has 5 nitrogen and oxygen atoms in total. The summed E-state index contributed by atoms with van der Waals surface area (Å²) in [6, 6.07) is 5.14. The van der Waals surface area contributed by atoms with E-state index in [1.807, 2.05) is 0 Å². The first-order valence-electron chi connectivity index (χ1n) is 7.28. The molecule has 1 aliphatic rings. The van der Waals surface area contributed by atoms with E-state index in [1.54, 1.807) is 0 Å². The normalized spacial score (nSPS) is 17.7. The van der Waals surface area contributed by atoms with Gasteiger partial charge >= 0.3 is 6.36 Å². The standard InChI is InChI=1S/C15H19F3O5/c16-15(17,18)23-14-3-1-2-13(8-14)22-10-11(19)9-21-12-4-6-20-7-5-12/h1-3,8,11-12,19H,4-7,9-10H2. The smallest absolute Gasteiger partial charge is 0.491 e. The number of alkyl halides is 3. The fraction of sp³-hybridized carbons (Fsp3) is 0.600. The molecule has 1 unspecified atom stereocenters. The third-order valence-corrected chi connectivity index (χ3v) is 3.17. The van der Waals surface area contributed by atoms with Gasteiger partial charge < -0.3 is 24.1 Å². The van der Waals surface area contributed by atoms with Gasteiger partial charge in [-0.3, -0.25) is 0 Å². The van der Waals surface area contributed by atoms with E-state index in [9.17, 15) is 18.3 Å². The van der Waals surface area contributed by atoms with Crippen LogP contribution in [-0.4, -0.2) is 50.1 Å². The highest BCUT2D eigenvalue weighted by Gasteiger charge is 2.31. The number of halogens is 3. The van der Waals surface area contributed by atoms with Gasteiger partial charge in [-0.1, -0.05) is 6.07 Å². The Kier molecular flexibility index (Phi) is 6.49. The average molecular weight is 336 g/mol. The average Bonchev–Trinajstić information content (AvgIpc) is 2.51. The van der Waals surface area contributed by atoms with Crippen LogP contribution < -0.4 is 9.47 Å². The van der Waals surface area contributed by atoms with Crippen LogP contribution in [-0.2, 0) is 9.47 Å². The van der Waals surface area contributed by atoms with Crippen molar-refractivity contribution in [3.63, 3.8) is 0 Å². The molecule has 1 aromatic rings. The third-order valence-electron chi connectivity index (χ3n) is 3.17. The van der Waals surface area contributed by atoms with Gasteiger partial charge in [-0.15, -0.1) is 13.2 Å². The summed E-state index contributed by atoms with van der Waals surface area (Å²) in [6.07, 6.45) is -4.00. The largest absolute Gasteiger partial charge is 0.573 e. The van der Waals surface area contributed by atoms with Gasteiger partial charge in [-0.25, -0.2) is 0 Å². The molecule has 0 amide bonds. The maximum Gasteiger partial charge on any atom is 0.573 e. The summed E-state index contributed by atoms with van der Waals surface area (Å²) < 4.78 is 56.2. The van der Waals surface area contributed by atoms with Crippen molar-refractivity contribution in [1.82, 2.24) is 0 Å². The Balaban J connectivity index is 1.73. The summed E-state index contributed by atoms with van der Waals surface area (Å²) in [6.45, 7) is 1.30. The first-order valence-corrected chi connectivity index (χ1v) is 7.28. The van der Waals surface area contributed by atoms with Crippen molar-refractivity contribution >= 4 is 0 Å². The van der Waals surface area contributed by atoms with Crippen molar-refractivity contribution < 1.29 is 37.2 Å². The van der Waals surface area contributed by atoms with Crippen LogP contribution in [0.1, 0.15) is 12.8 Å². The highest BCUT2D eigenvalue weighted by atomic mass is 19.4. The fourth-order valence-electron chi connectivity index (χ4n) is 2.09. The second-order valence-corrected chi connectivity index (χ2v) is 5.13. The Morgan fingerprint density at radius 1 is 1.17 bits per heavy atom. The lowest BCUT2D eigenvalue weighted by Crippen LogP contribution is -2.30. The van der Waals surface area contributed by atoms with Crippen molar-refractivity contribution in [2.24, 2.45) is 0 Å². The predicted molar refractivity (Wildman–Crippen MR) is 74.4 cm³/mol.